The van der Waals surface area contributed by atoms with Gasteiger partial charge in [0.2, 0.25) is 0 Å². The van der Waals surface area contributed by atoms with Crippen molar-refractivity contribution in [2.75, 3.05) is 7.11 Å². The number of carbonyl (C=O) groups is 3. The van der Waals surface area contributed by atoms with Crippen molar-refractivity contribution in [3.8, 4) is 0 Å². The van der Waals surface area contributed by atoms with E-state index in [2.05, 4.69) is 5.43 Å². The SMILES string of the molecule is COC(=O)[C@H](Cc1ccccc1)N(N[C@@H](Cc1ccccc1C)C(=O)O)C(=O)OCc1ccccc1. The topological polar surface area (TPSA) is 105 Å². The minimum Gasteiger partial charge on any atom is -0.480 e. The third kappa shape index (κ3) is 7.41. The van der Waals surface area contributed by atoms with Gasteiger partial charge in [-0.25, -0.2) is 20.0 Å². The zero-order valence-electron chi connectivity index (χ0n) is 20.3. The maximum Gasteiger partial charge on any atom is 0.425 e. The van der Waals surface area contributed by atoms with Gasteiger partial charge in [0.1, 0.15) is 12.6 Å². The Balaban J connectivity index is 1.91. The largest absolute Gasteiger partial charge is 0.480 e. The number of rotatable bonds is 11. The van der Waals surface area contributed by atoms with Crippen LogP contribution in [0.5, 0.6) is 0 Å². The molecule has 0 aliphatic carbocycles. The molecule has 8 nitrogen and oxygen atoms in total. The number of esters is 1. The normalized spacial score (nSPS) is 12.3. The fraction of sp³-hybridized carbons (Fsp3) is 0.250. The minimum absolute atomic E-state index is 0.0490. The number of methoxy groups -OCH3 is 1. The van der Waals surface area contributed by atoms with Crippen LogP contribution in [0.2, 0.25) is 0 Å². The number of hydrazine groups is 1. The molecule has 2 atom stereocenters. The van der Waals surface area contributed by atoms with Gasteiger partial charge < -0.3 is 14.6 Å². The third-order valence-corrected chi connectivity index (χ3v) is 5.74. The van der Waals surface area contributed by atoms with Crippen LogP contribution in [0.4, 0.5) is 4.79 Å². The van der Waals surface area contributed by atoms with E-state index in [9.17, 15) is 19.5 Å². The number of ether oxygens (including phenoxy) is 2. The molecule has 8 heteroatoms. The molecule has 3 aromatic rings. The Kier molecular flexibility index (Phi) is 9.59. The van der Waals surface area contributed by atoms with E-state index >= 15 is 0 Å². The summed E-state index contributed by atoms with van der Waals surface area (Å²) < 4.78 is 10.5. The monoisotopic (exact) mass is 490 g/mol. The molecular weight excluding hydrogens is 460 g/mol. The number of hydrogen-bond acceptors (Lipinski definition) is 6. The Hall–Kier alpha value is -4.17. The molecule has 0 unspecified atom stereocenters. The van der Waals surface area contributed by atoms with Crippen LogP contribution in [-0.4, -0.2) is 47.3 Å². The molecule has 188 valence electrons. The molecule has 0 aliphatic heterocycles. The molecule has 1 amide bonds. The predicted molar refractivity (Wildman–Crippen MR) is 134 cm³/mol. The number of aryl methyl sites for hydroxylation is 1. The molecular formula is C28H30N2O6. The van der Waals surface area contributed by atoms with Crippen LogP contribution in [0.25, 0.3) is 0 Å². The summed E-state index contributed by atoms with van der Waals surface area (Å²) in [5.74, 6) is -1.88. The Morgan fingerprint density at radius 2 is 1.44 bits per heavy atom. The van der Waals surface area contributed by atoms with E-state index in [-0.39, 0.29) is 19.4 Å². The quantitative estimate of drug-likeness (QED) is 0.310. The van der Waals surface area contributed by atoms with Gasteiger partial charge in [-0.3, -0.25) is 4.79 Å². The van der Waals surface area contributed by atoms with Gasteiger partial charge in [0, 0.05) is 12.8 Å². The van der Waals surface area contributed by atoms with Gasteiger partial charge in [-0.05, 0) is 29.2 Å². The zero-order valence-corrected chi connectivity index (χ0v) is 20.3. The van der Waals surface area contributed by atoms with Crippen LogP contribution < -0.4 is 5.43 Å². The van der Waals surface area contributed by atoms with E-state index in [1.807, 2.05) is 79.7 Å². The van der Waals surface area contributed by atoms with Gasteiger partial charge in [-0.15, -0.1) is 0 Å². The molecule has 36 heavy (non-hydrogen) atoms. The fourth-order valence-electron chi connectivity index (χ4n) is 3.73. The van der Waals surface area contributed by atoms with Crippen LogP contribution in [0.15, 0.2) is 84.9 Å². The number of carboxylic acids is 1. The first-order valence-electron chi connectivity index (χ1n) is 11.5. The van der Waals surface area contributed by atoms with Gasteiger partial charge in [0.15, 0.2) is 6.04 Å². The van der Waals surface area contributed by atoms with Crippen LogP contribution in [0.1, 0.15) is 22.3 Å². The summed E-state index contributed by atoms with van der Waals surface area (Å²) in [6.45, 7) is 1.83. The van der Waals surface area contributed by atoms with Crippen molar-refractivity contribution >= 4 is 18.0 Å². The highest BCUT2D eigenvalue weighted by Crippen LogP contribution is 2.15. The number of aliphatic carboxylic acids is 1. The van der Waals surface area contributed by atoms with E-state index in [1.165, 1.54) is 7.11 Å². The predicted octanol–water partition coefficient (Wildman–Crippen LogP) is 3.92. The minimum atomic E-state index is -1.21. The highest BCUT2D eigenvalue weighted by atomic mass is 16.6. The van der Waals surface area contributed by atoms with Gasteiger partial charge in [0.25, 0.3) is 0 Å². The molecule has 0 saturated carbocycles. The number of carboxylic acid groups (broad SMARTS) is 1. The Labute approximate surface area is 210 Å². The highest BCUT2D eigenvalue weighted by molar-refractivity contribution is 5.82. The Bertz CT molecular complexity index is 1150. The number of benzene rings is 3. The summed E-state index contributed by atoms with van der Waals surface area (Å²) >= 11 is 0. The molecule has 0 bridgehead atoms. The van der Waals surface area contributed by atoms with Crippen molar-refractivity contribution in [2.24, 2.45) is 0 Å². The van der Waals surface area contributed by atoms with Crippen LogP contribution in [0.3, 0.4) is 0 Å². The second-order valence-electron chi connectivity index (χ2n) is 8.29. The molecule has 0 aromatic heterocycles. The van der Waals surface area contributed by atoms with Crippen LogP contribution >= 0.6 is 0 Å². The van der Waals surface area contributed by atoms with Crippen molar-refractivity contribution in [3.63, 3.8) is 0 Å². The Morgan fingerprint density at radius 3 is 2.03 bits per heavy atom. The third-order valence-electron chi connectivity index (χ3n) is 5.74. The molecule has 0 heterocycles. The molecule has 0 aliphatic rings. The molecule has 3 rings (SSSR count). The van der Waals surface area contributed by atoms with Gasteiger partial charge in [-0.1, -0.05) is 84.9 Å². The summed E-state index contributed by atoms with van der Waals surface area (Å²) in [5.41, 5.74) is 5.99. The summed E-state index contributed by atoms with van der Waals surface area (Å²) in [6, 6.07) is 23.2. The maximum absolute atomic E-state index is 13.3. The molecule has 0 spiro atoms. The van der Waals surface area contributed by atoms with Crippen molar-refractivity contribution in [2.45, 2.75) is 38.5 Å². The average molecular weight is 491 g/mol. The van der Waals surface area contributed by atoms with E-state index in [1.54, 1.807) is 12.1 Å². The molecule has 3 aromatic carbocycles. The van der Waals surface area contributed by atoms with Crippen molar-refractivity contribution < 1.29 is 29.0 Å². The molecule has 2 N–H and O–H groups in total. The van der Waals surface area contributed by atoms with Crippen LogP contribution in [0, 0.1) is 6.92 Å². The van der Waals surface area contributed by atoms with E-state index in [4.69, 9.17) is 9.47 Å². The Morgan fingerprint density at radius 1 is 0.861 bits per heavy atom. The number of carbonyl (C=O) groups excluding carboxylic acids is 2. The van der Waals surface area contributed by atoms with E-state index in [0.29, 0.717) is 0 Å². The molecule has 0 fully saturated rings. The van der Waals surface area contributed by atoms with Gasteiger partial charge >= 0.3 is 18.0 Å². The summed E-state index contributed by atoms with van der Waals surface area (Å²) in [7, 11) is 1.22. The molecule has 0 radical (unpaired) electrons. The number of nitrogens with zero attached hydrogens (tertiary/aromatic N) is 1. The standard InChI is InChI=1S/C28H30N2O6/c1-20-11-9-10-16-23(20)18-24(26(31)32)29-30(28(34)36-19-22-14-7-4-8-15-22)25(27(33)35-2)17-21-12-5-3-6-13-21/h3-16,24-25,29H,17-19H2,1-2H3,(H,31,32)/t24-,25-/m0/s1. The summed E-state index contributed by atoms with van der Waals surface area (Å²) in [5, 5.41) is 10.9. The average Bonchev–Trinajstić information content (AvgIpc) is 2.90. The highest BCUT2D eigenvalue weighted by Gasteiger charge is 2.35. The van der Waals surface area contributed by atoms with E-state index in [0.717, 1.165) is 27.3 Å². The van der Waals surface area contributed by atoms with Crippen LogP contribution in [-0.2, 0) is 38.5 Å². The van der Waals surface area contributed by atoms with Crippen molar-refractivity contribution in [1.82, 2.24) is 10.4 Å². The van der Waals surface area contributed by atoms with Gasteiger partial charge in [0.05, 0.1) is 7.11 Å². The lowest BCUT2D eigenvalue weighted by atomic mass is 10.0. The lowest BCUT2D eigenvalue weighted by molar-refractivity contribution is -0.150. The van der Waals surface area contributed by atoms with Gasteiger partial charge in [-0.2, -0.15) is 0 Å². The lowest BCUT2D eigenvalue weighted by Gasteiger charge is -2.32. The number of nitrogens with one attached hydrogen (secondary N) is 1. The maximum atomic E-state index is 13.3. The smallest absolute Gasteiger partial charge is 0.425 e. The summed E-state index contributed by atoms with van der Waals surface area (Å²) in [6.07, 6.45) is -0.706. The first-order chi connectivity index (χ1) is 17.4. The first kappa shape index (κ1) is 26.4. The second kappa shape index (κ2) is 13.1. The lowest BCUT2D eigenvalue weighted by Crippen LogP contribution is -2.59. The van der Waals surface area contributed by atoms with Crippen molar-refractivity contribution in [3.05, 3.63) is 107 Å². The molecule has 0 saturated heterocycles. The van der Waals surface area contributed by atoms with E-state index < -0.39 is 30.1 Å². The number of hydrogen-bond donors (Lipinski definition) is 2. The fourth-order valence-corrected chi connectivity index (χ4v) is 3.73. The zero-order chi connectivity index (χ0) is 25.9. The summed E-state index contributed by atoms with van der Waals surface area (Å²) in [4.78, 5) is 38.3. The van der Waals surface area contributed by atoms with Crippen molar-refractivity contribution in [1.29, 1.82) is 0 Å². The second-order valence-corrected chi connectivity index (χ2v) is 8.29. The first-order valence-corrected chi connectivity index (χ1v) is 11.5. The number of amides is 1.